The lowest BCUT2D eigenvalue weighted by Crippen LogP contribution is -2.60. The summed E-state index contributed by atoms with van der Waals surface area (Å²) in [5.74, 6) is -0.0603. The number of carbonyl (C=O) groups excluding carboxylic acids is 2. The zero-order chi connectivity index (χ0) is 26.2. The van der Waals surface area contributed by atoms with Crippen LogP contribution in [0.2, 0.25) is 0 Å². The van der Waals surface area contributed by atoms with Gasteiger partial charge in [-0.1, -0.05) is 30.3 Å². The van der Waals surface area contributed by atoms with Crippen LogP contribution in [0, 0.1) is 16.7 Å². The van der Waals surface area contributed by atoms with Crippen molar-refractivity contribution in [3.63, 3.8) is 0 Å². The van der Waals surface area contributed by atoms with E-state index in [-0.39, 0.29) is 17.4 Å². The van der Waals surface area contributed by atoms with Gasteiger partial charge in [0.05, 0.1) is 35.7 Å². The summed E-state index contributed by atoms with van der Waals surface area (Å²) in [5, 5.41) is 20.3. The molecule has 3 N–H and O–H groups in total. The Morgan fingerprint density at radius 1 is 1.03 bits per heavy atom. The number of amides is 2. The molecule has 0 radical (unpaired) electrons. The lowest BCUT2D eigenvalue weighted by Gasteiger charge is -2.53. The van der Waals surface area contributed by atoms with Gasteiger partial charge in [-0.2, -0.15) is 10.4 Å². The third-order valence-electron chi connectivity index (χ3n) is 8.41. The monoisotopic (exact) mass is 507 g/mol. The Labute approximate surface area is 220 Å². The number of H-pyrrole nitrogens is 2. The Morgan fingerprint density at radius 2 is 1.79 bits per heavy atom. The first-order valence-corrected chi connectivity index (χ1v) is 13.0. The molecular weight excluding hydrogens is 478 g/mol. The maximum absolute atomic E-state index is 14.1. The second-order valence-electron chi connectivity index (χ2n) is 10.7. The third-order valence-corrected chi connectivity index (χ3v) is 8.41. The van der Waals surface area contributed by atoms with Crippen molar-refractivity contribution in [1.82, 2.24) is 30.4 Å². The SMILES string of the molecule is N#Cc1ccc2[nH]nc(C(=O)NC34CCC(C(=O)N(Cc5ccccc5)Cc5cnc[nH]5)(CC3)CC4)c2c1. The average molecular weight is 508 g/mol. The first-order chi connectivity index (χ1) is 18.5. The molecule has 3 fully saturated rings. The molecule has 9 heteroatoms. The first-order valence-electron chi connectivity index (χ1n) is 13.0. The summed E-state index contributed by atoms with van der Waals surface area (Å²) in [6.07, 6.45) is 7.86. The largest absolute Gasteiger partial charge is 0.347 e. The highest BCUT2D eigenvalue weighted by molar-refractivity contribution is 6.05. The molecule has 192 valence electrons. The lowest BCUT2D eigenvalue weighted by molar-refractivity contribution is -0.151. The van der Waals surface area contributed by atoms with E-state index in [1.807, 2.05) is 35.2 Å². The number of benzene rings is 2. The minimum atomic E-state index is -0.415. The zero-order valence-electron chi connectivity index (χ0n) is 21.0. The predicted octanol–water partition coefficient (Wildman–Crippen LogP) is 4.21. The van der Waals surface area contributed by atoms with Gasteiger partial charge in [0.1, 0.15) is 0 Å². The van der Waals surface area contributed by atoms with E-state index < -0.39 is 5.41 Å². The maximum atomic E-state index is 14.1. The topological polar surface area (TPSA) is 131 Å². The van der Waals surface area contributed by atoms with Gasteiger partial charge < -0.3 is 15.2 Å². The first kappa shape index (κ1) is 23.9. The standard InChI is InChI=1S/C29H29N7O2/c30-15-21-6-7-24-23(14-21)25(35-34-24)26(37)33-29-11-8-28(9-12-29,10-13-29)27(38)36(18-22-16-31-19-32-22)17-20-4-2-1-3-5-20/h1-7,14,16,19H,8-13,17-18H2,(H,31,32)(H,33,37)(H,34,35). The number of hydrogen-bond acceptors (Lipinski definition) is 5. The molecule has 2 amide bonds. The van der Waals surface area contributed by atoms with Gasteiger partial charge in [0.15, 0.2) is 5.69 Å². The van der Waals surface area contributed by atoms with E-state index >= 15 is 0 Å². The molecule has 0 unspecified atom stereocenters. The number of nitriles is 1. The van der Waals surface area contributed by atoms with Crippen molar-refractivity contribution >= 4 is 22.7 Å². The molecule has 38 heavy (non-hydrogen) atoms. The van der Waals surface area contributed by atoms with Crippen LogP contribution in [0.5, 0.6) is 0 Å². The van der Waals surface area contributed by atoms with Crippen LogP contribution in [0.4, 0.5) is 0 Å². The predicted molar refractivity (Wildman–Crippen MR) is 140 cm³/mol. The number of carbonyl (C=O) groups is 2. The molecule has 0 atom stereocenters. The molecule has 2 aromatic heterocycles. The van der Waals surface area contributed by atoms with Gasteiger partial charge in [0.2, 0.25) is 5.91 Å². The van der Waals surface area contributed by atoms with Crippen LogP contribution < -0.4 is 5.32 Å². The van der Waals surface area contributed by atoms with E-state index in [0.717, 1.165) is 55.3 Å². The van der Waals surface area contributed by atoms with Crippen LogP contribution in [-0.4, -0.2) is 42.4 Å². The fraction of sp³-hybridized carbons (Fsp3) is 0.345. The van der Waals surface area contributed by atoms with Gasteiger partial charge in [-0.05, 0) is 62.3 Å². The Hall–Kier alpha value is -4.45. The molecule has 4 aromatic rings. The van der Waals surface area contributed by atoms with E-state index in [9.17, 15) is 14.9 Å². The number of rotatable bonds is 7. The molecule has 0 spiro atoms. The summed E-state index contributed by atoms with van der Waals surface area (Å²) in [5.41, 5.74) is 2.76. The number of imidazole rings is 1. The van der Waals surface area contributed by atoms with Crippen molar-refractivity contribution in [3.05, 3.63) is 83.6 Å². The summed E-state index contributed by atoms with van der Waals surface area (Å²) in [7, 11) is 0. The number of nitrogens with zero attached hydrogens (tertiary/aromatic N) is 4. The van der Waals surface area contributed by atoms with Crippen molar-refractivity contribution in [2.24, 2.45) is 5.41 Å². The van der Waals surface area contributed by atoms with Crippen LogP contribution in [0.15, 0.2) is 61.1 Å². The highest BCUT2D eigenvalue weighted by atomic mass is 16.2. The summed E-state index contributed by atoms with van der Waals surface area (Å²) >= 11 is 0. The molecule has 2 heterocycles. The van der Waals surface area contributed by atoms with Crippen LogP contribution in [-0.2, 0) is 17.9 Å². The van der Waals surface area contributed by atoms with E-state index in [2.05, 4.69) is 31.6 Å². The summed E-state index contributed by atoms with van der Waals surface area (Å²) < 4.78 is 0. The Balaban J connectivity index is 1.18. The number of aromatic amines is 2. The van der Waals surface area contributed by atoms with E-state index in [4.69, 9.17) is 0 Å². The van der Waals surface area contributed by atoms with Crippen LogP contribution in [0.1, 0.15) is 65.8 Å². The average Bonchev–Trinajstić information content (AvgIpc) is 3.63. The normalized spacial score (nSPS) is 22.2. The fourth-order valence-corrected chi connectivity index (χ4v) is 6.17. The van der Waals surface area contributed by atoms with Gasteiger partial charge in [-0.3, -0.25) is 14.7 Å². The minimum absolute atomic E-state index is 0.179. The van der Waals surface area contributed by atoms with E-state index in [1.165, 1.54) is 0 Å². The Kier molecular flexibility index (Phi) is 5.95. The van der Waals surface area contributed by atoms with E-state index in [1.54, 1.807) is 30.7 Å². The van der Waals surface area contributed by atoms with Gasteiger partial charge in [-0.25, -0.2) is 4.98 Å². The lowest BCUT2D eigenvalue weighted by atomic mass is 9.56. The Bertz CT molecular complexity index is 1490. The molecule has 3 aliphatic carbocycles. The fourth-order valence-electron chi connectivity index (χ4n) is 6.17. The van der Waals surface area contributed by atoms with Crippen LogP contribution in [0.25, 0.3) is 10.9 Å². The summed E-state index contributed by atoms with van der Waals surface area (Å²) in [6.45, 7) is 1.02. The number of hydrogen-bond donors (Lipinski definition) is 3. The number of fused-ring (bicyclic) bond motifs is 4. The van der Waals surface area contributed by atoms with Crippen LogP contribution >= 0.6 is 0 Å². The molecule has 3 saturated carbocycles. The summed E-state index contributed by atoms with van der Waals surface area (Å²) in [6, 6.07) is 17.3. The molecule has 9 nitrogen and oxygen atoms in total. The second kappa shape index (κ2) is 9.45. The quantitative estimate of drug-likeness (QED) is 0.345. The van der Waals surface area contributed by atoms with Crippen molar-refractivity contribution in [2.75, 3.05) is 0 Å². The van der Waals surface area contributed by atoms with Crippen molar-refractivity contribution in [2.45, 2.75) is 57.2 Å². The van der Waals surface area contributed by atoms with E-state index in [0.29, 0.717) is 29.7 Å². The van der Waals surface area contributed by atoms with Gasteiger partial charge in [0, 0.05) is 29.1 Å². The Morgan fingerprint density at radius 3 is 2.47 bits per heavy atom. The molecular formula is C29H29N7O2. The molecule has 7 rings (SSSR count). The highest BCUT2D eigenvalue weighted by Crippen LogP contribution is 2.53. The highest BCUT2D eigenvalue weighted by Gasteiger charge is 2.54. The van der Waals surface area contributed by atoms with Gasteiger partial charge >= 0.3 is 0 Å². The third kappa shape index (κ3) is 4.32. The zero-order valence-corrected chi connectivity index (χ0v) is 21.0. The molecule has 2 bridgehead atoms. The molecule has 0 saturated heterocycles. The van der Waals surface area contributed by atoms with Crippen molar-refractivity contribution in [3.8, 4) is 6.07 Å². The minimum Gasteiger partial charge on any atom is -0.347 e. The molecule has 0 aliphatic heterocycles. The molecule has 2 aromatic carbocycles. The van der Waals surface area contributed by atoms with Crippen LogP contribution in [0.3, 0.4) is 0 Å². The van der Waals surface area contributed by atoms with Crippen molar-refractivity contribution in [1.29, 1.82) is 5.26 Å². The summed E-state index contributed by atoms with van der Waals surface area (Å²) in [4.78, 5) is 36.6. The second-order valence-corrected chi connectivity index (χ2v) is 10.7. The van der Waals surface area contributed by atoms with Crippen molar-refractivity contribution < 1.29 is 9.59 Å². The van der Waals surface area contributed by atoms with Gasteiger partial charge in [-0.15, -0.1) is 0 Å². The smallest absolute Gasteiger partial charge is 0.272 e. The number of aromatic nitrogens is 4. The van der Waals surface area contributed by atoms with Gasteiger partial charge in [0.25, 0.3) is 5.91 Å². The maximum Gasteiger partial charge on any atom is 0.272 e. The number of nitrogens with one attached hydrogen (secondary N) is 3. The molecule has 3 aliphatic rings.